The summed E-state index contributed by atoms with van der Waals surface area (Å²) < 4.78 is 2.43. The maximum Gasteiger partial charge on any atom is 0.0893 e. The molecular weight excluding hydrogens is 306 g/mol. The number of pyridine rings is 2. The summed E-state index contributed by atoms with van der Waals surface area (Å²) in [6.07, 6.45) is 8.90. The molecule has 0 aliphatic rings. The number of hydrogen-bond acceptors (Lipinski definition) is 2. The minimum atomic E-state index is 0.921. The van der Waals surface area contributed by atoms with E-state index < -0.39 is 0 Å². The molecule has 3 heteroatoms. The predicted octanol–water partition coefficient (Wildman–Crippen LogP) is 5.83. The molecule has 0 amide bonds. The summed E-state index contributed by atoms with van der Waals surface area (Å²) >= 11 is 0. The van der Waals surface area contributed by atoms with E-state index in [2.05, 4.69) is 46.8 Å². The van der Waals surface area contributed by atoms with Gasteiger partial charge in [-0.1, -0.05) is 50.5 Å². The summed E-state index contributed by atoms with van der Waals surface area (Å²) in [4.78, 5) is 9.14. The van der Waals surface area contributed by atoms with E-state index in [-0.39, 0.29) is 0 Å². The van der Waals surface area contributed by atoms with E-state index in [4.69, 9.17) is 4.98 Å². The van der Waals surface area contributed by atoms with Crippen molar-refractivity contribution in [3.05, 3.63) is 60.9 Å². The van der Waals surface area contributed by atoms with Crippen molar-refractivity contribution in [2.75, 3.05) is 0 Å². The van der Waals surface area contributed by atoms with Crippen molar-refractivity contribution in [3.8, 4) is 11.4 Å². The highest BCUT2D eigenvalue weighted by atomic mass is 15.0. The van der Waals surface area contributed by atoms with Gasteiger partial charge in [-0.05, 0) is 30.7 Å². The van der Waals surface area contributed by atoms with E-state index in [1.54, 1.807) is 0 Å². The fraction of sp³-hybridized carbons (Fsp3) is 0.273. The summed E-state index contributed by atoms with van der Waals surface area (Å²) in [5.41, 5.74) is 4.37. The van der Waals surface area contributed by atoms with Crippen molar-refractivity contribution < 1.29 is 0 Å². The lowest BCUT2D eigenvalue weighted by atomic mass is 10.1. The average Bonchev–Trinajstić information content (AvgIpc) is 2.99. The van der Waals surface area contributed by atoms with Crippen molar-refractivity contribution in [1.82, 2.24) is 14.5 Å². The topological polar surface area (TPSA) is 30.7 Å². The smallest absolute Gasteiger partial charge is 0.0893 e. The second kappa shape index (κ2) is 7.06. The van der Waals surface area contributed by atoms with Gasteiger partial charge in [0.2, 0.25) is 0 Å². The third kappa shape index (κ3) is 3.02. The van der Waals surface area contributed by atoms with Crippen molar-refractivity contribution in [2.45, 2.75) is 39.2 Å². The van der Waals surface area contributed by atoms with Gasteiger partial charge in [-0.25, -0.2) is 0 Å². The first-order valence-corrected chi connectivity index (χ1v) is 9.17. The highest BCUT2D eigenvalue weighted by Crippen LogP contribution is 2.31. The molecule has 0 spiro atoms. The van der Waals surface area contributed by atoms with Gasteiger partial charge in [0, 0.05) is 29.0 Å². The van der Waals surface area contributed by atoms with Gasteiger partial charge in [0.15, 0.2) is 0 Å². The largest absolute Gasteiger partial charge is 0.339 e. The lowest BCUT2D eigenvalue weighted by Crippen LogP contribution is -1.98. The van der Waals surface area contributed by atoms with Crippen molar-refractivity contribution in [3.63, 3.8) is 0 Å². The third-order valence-electron chi connectivity index (χ3n) is 4.82. The molecule has 0 aliphatic carbocycles. The molecule has 0 aliphatic heterocycles. The molecule has 4 aromatic rings. The van der Waals surface area contributed by atoms with Crippen LogP contribution in [-0.2, 0) is 6.54 Å². The first kappa shape index (κ1) is 15.8. The van der Waals surface area contributed by atoms with Crippen LogP contribution in [0.5, 0.6) is 0 Å². The Morgan fingerprint density at radius 1 is 0.800 bits per heavy atom. The summed E-state index contributed by atoms with van der Waals surface area (Å²) in [7, 11) is 0. The number of aryl methyl sites for hydroxylation is 1. The van der Waals surface area contributed by atoms with Crippen molar-refractivity contribution >= 4 is 21.8 Å². The molecule has 0 N–H and O–H groups in total. The summed E-state index contributed by atoms with van der Waals surface area (Å²) in [5, 5.41) is 2.56. The molecule has 25 heavy (non-hydrogen) atoms. The lowest BCUT2D eigenvalue weighted by Gasteiger charge is -2.07. The van der Waals surface area contributed by atoms with Crippen LogP contribution in [0.2, 0.25) is 0 Å². The number of aromatic nitrogens is 3. The number of fused-ring (bicyclic) bond motifs is 3. The van der Waals surface area contributed by atoms with Crippen LogP contribution in [0.3, 0.4) is 0 Å². The Balaban J connectivity index is 1.81. The molecule has 126 valence electrons. The van der Waals surface area contributed by atoms with Crippen LogP contribution < -0.4 is 0 Å². The molecule has 3 heterocycles. The molecule has 0 bridgehead atoms. The summed E-state index contributed by atoms with van der Waals surface area (Å²) in [6.45, 7) is 3.30. The molecule has 3 aromatic heterocycles. The molecule has 1 aromatic carbocycles. The maximum atomic E-state index is 4.69. The van der Waals surface area contributed by atoms with E-state index >= 15 is 0 Å². The van der Waals surface area contributed by atoms with E-state index in [9.17, 15) is 0 Å². The van der Waals surface area contributed by atoms with E-state index in [0.717, 1.165) is 17.9 Å². The highest BCUT2D eigenvalue weighted by molar-refractivity contribution is 6.08. The van der Waals surface area contributed by atoms with Gasteiger partial charge < -0.3 is 4.57 Å². The Kier molecular flexibility index (Phi) is 4.47. The van der Waals surface area contributed by atoms with Crippen LogP contribution in [0.15, 0.2) is 60.9 Å². The van der Waals surface area contributed by atoms with Crippen molar-refractivity contribution in [2.24, 2.45) is 0 Å². The van der Waals surface area contributed by atoms with E-state index in [1.807, 2.05) is 30.6 Å². The van der Waals surface area contributed by atoms with Crippen LogP contribution in [0.1, 0.15) is 32.6 Å². The Morgan fingerprint density at radius 2 is 1.68 bits per heavy atom. The normalized spacial score (nSPS) is 11.4. The van der Waals surface area contributed by atoms with E-state index in [0.29, 0.717) is 0 Å². The zero-order chi connectivity index (χ0) is 17.1. The van der Waals surface area contributed by atoms with Gasteiger partial charge in [0.1, 0.15) is 0 Å². The number of rotatable bonds is 6. The highest BCUT2D eigenvalue weighted by Gasteiger charge is 2.12. The van der Waals surface area contributed by atoms with Gasteiger partial charge in [-0.3, -0.25) is 9.97 Å². The first-order chi connectivity index (χ1) is 12.4. The fourth-order valence-corrected chi connectivity index (χ4v) is 3.54. The minimum absolute atomic E-state index is 0.921. The zero-order valence-corrected chi connectivity index (χ0v) is 14.7. The van der Waals surface area contributed by atoms with Gasteiger partial charge in [-0.2, -0.15) is 0 Å². The Labute approximate surface area is 148 Å². The van der Waals surface area contributed by atoms with Crippen LogP contribution in [-0.4, -0.2) is 14.5 Å². The standard InChI is InChI=1S/C22H23N3/c1-2-3-4-9-14-25-21-12-6-5-10-17(21)18-15-20(24-16-22(18)25)19-11-7-8-13-23-19/h5-8,10-13,15-16H,2-4,9,14H2,1H3. The monoisotopic (exact) mass is 329 g/mol. The molecule has 4 rings (SSSR count). The Morgan fingerprint density at radius 3 is 2.52 bits per heavy atom. The average molecular weight is 329 g/mol. The molecule has 3 nitrogen and oxygen atoms in total. The number of nitrogens with zero attached hydrogens (tertiary/aromatic N) is 3. The van der Waals surface area contributed by atoms with Crippen LogP contribution in [0.25, 0.3) is 33.2 Å². The molecule has 0 unspecified atom stereocenters. The quantitative estimate of drug-likeness (QED) is 0.417. The molecule has 0 saturated heterocycles. The molecule has 0 atom stereocenters. The van der Waals surface area contributed by atoms with Gasteiger partial charge in [-0.15, -0.1) is 0 Å². The second-order valence-corrected chi connectivity index (χ2v) is 6.53. The number of benzene rings is 1. The van der Waals surface area contributed by atoms with Crippen LogP contribution in [0, 0.1) is 0 Å². The number of unbranched alkanes of at least 4 members (excludes halogenated alkanes) is 3. The Bertz CT molecular complexity index is 986. The molecular formula is C22H23N3. The summed E-state index contributed by atoms with van der Waals surface area (Å²) in [5.74, 6) is 0. The van der Waals surface area contributed by atoms with Gasteiger partial charge >= 0.3 is 0 Å². The SMILES string of the molecule is CCCCCCn1c2ccccc2c2cc(-c3ccccn3)ncc21. The number of hydrogen-bond donors (Lipinski definition) is 0. The van der Waals surface area contributed by atoms with E-state index in [1.165, 1.54) is 47.5 Å². The van der Waals surface area contributed by atoms with Gasteiger partial charge in [0.05, 0.1) is 23.1 Å². The zero-order valence-electron chi connectivity index (χ0n) is 14.7. The van der Waals surface area contributed by atoms with Crippen molar-refractivity contribution in [1.29, 1.82) is 0 Å². The van der Waals surface area contributed by atoms with Gasteiger partial charge in [0.25, 0.3) is 0 Å². The predicted molar refractivity (Wildman–Crippen MR) is 105 cm³/mol. The lowest BCUT2D eigenvalue weighted by molar-refractivity contribution is 0.602. The third-order valence-corrected chi connectivity index (χ3v) is 4.82. The number of para-hydroxylation sites is 1. The maximum absolute atomic E-state index is 4.69. The first-order valence-electron chi connectivity index (χ1n) is 9.17. The molecule has 0 saturated carbocycles. The van der Waals surface area contributed by atoms with Crippen LogP contribution in [0.4, 0.5) is 0 Å². The molecule has 0 fully saturated rings. The second-order valence-electron chi connectivity index (χ2n) is 6.53. The minimum Gasteiger partial charge on any atom is -0.339 e. The summed E-state index contributed by atoms with van der Waals surface area (Å²) in [6, 6.07) is 16.8. The molecule has 0 radical (unpaired) electrons. The Hall–Kier alpha value is -2.68. The fourth-order valence-electron chi connectivity index (χ4n) is 3.54. The van der Waals surface area contributed by atoms with Crippen LogP contribution >= 0.6 is 0 Å².